The van der Waals surface area contributed by atoms with Crippen molar-refractivity contribution < 1.29 is 28.0 Å². The van der Waals surface area contributed by atoms with Crippen molar-refractivity contribution >= 4 is 24.6 Å². The lowest BCUT2D eigenvalue weighted by molar-refractivity contribution is -0.131. The van der Waals surface area contributed by atoms with Crippen molar-refractivity contribution in [2.24, 2.45) is 0 Å². The summed E-state index contributed by atoms with van der Waals surface area (Å²) in [6, 6.07) is 4.34. The van der Waals surface area contributed by atoms with E-state index < -0.39 is 35.8 Å². The van der Waals surface area contributed by atoms with Crippen molar-refractivity contribution in [1.29, 1.82) is 0 Å². The summed E-state index contributed by atoms with van der Waals surface area (Å²) in [5.74, 6) is -0.444. The summed E-state index contributed by atoms with van der Waals surface area (Å²) in [7, 11) is -0.739. The van der Waals surface area contributed by atoms with Gasteiger partial charge in [-0.15, -0.1) is 0 Å². The van der Waals surface area contributed by atoms with Crippen molar-refractivity contribution in [3.05, 3.63) is 29.6 Å². The Morgan fingerprint density at radius 2 is 1.73 bits per heavy atom. The predicted octanol–water partition coefficient (Wildman–Crippen LogP) is 3.18. The van der Waals surface area contributed by atoms with Gasteiger partial charge in [-0.3, -0.25) is 4.79 Å². The van der Waals surface area contributed by atoms with Crippen molar-refractivity contribution in [3.63, 3.8) is 0 Å². The van der Waals surface area contributed by atoms with Crippen molar-refractivity contribution in [2.45, 2.75) is 90.6 Å². The second-order valence-electron chi connectivity index (χ2n) is 10.9. The van der Waals surface area contributed by atoms with Crippen LogP contribution in [-0.4, -0.2) is 60.0 Å². The average Bonchev–Trinajstić information content (AvgIpc) is 2.89. The highest BCUT2D eigenvalue weighted by atomic mass is 19.1. The molecule has 0 unspecified atom stereocenters. The third-order valence-electron chi connectivity index (χ3n) is 6.53. The zero-order valence-corrected chi connectivity index (χ0v) is 20.8. The molecular formula is C24H36BFN2O5. The second kappa shape index (κ2) is 9.26. The molecule has 0 bridgehead atoms. The number of carbonyl (C=O) groups is 2. The highest BCUT2D eigenvalue weighted by Gasteiger charge is 2.52. The molecule has 0 aromatic heterocycles. The van der Waals surface area contributed by atoms with E-state index in [9.17, 15) is 14.0 Å². The van der Waals surface area contributed by atoms with Gasteiger partial charge in [0.05, 0.1) is 17.6 Å². The molecule has 2 saturated heterocycles. The zero-order chi connectivity index (χ0) is 24.6. The maximum absolute atomic E-state index is 14.1. The van der Waals surface area contributed by atoms with Crippen LogP contribution in [0.3, 0.4) is 0 Å². The molecule has 182 valence electrons. The molecule has 2 aliphatic rings. The van der Waals surface area contributed by atoms with Crippen LogP contribution in [-0.2, 0) is 25.3 Å². The van der Waals surface area contributed by atoms with Crippen LogP contribution in [0.5, 0.6) is 0 Å². The van der Waals surface area contributed by atoms with Gasteiger partial charge in [-0.05, 0) is 84.5 Å². The van der Waals surface area contributed by atoms with Gasteiger partial charge in [0.1, 0.15) is 11.4 Å². The molecule has 3 rings (SSSR count). The Hall–Kier alpha value is -2.13. The van der Waals surface area contributed by atoms with Gasteiger partial charge in [-0.2, -0.15) is 0 Å². The van der Waals surface area contributed by atoms with Gasteiger partial charge in [-0.1, -0.05) is 6.07 Å². The van der Waals surface area contributed by atoms with Crippen LogP contribution in [0.2, 0.25) is 0 Å². The maximum Gasteiger partial charge on any atom is 0.495 e. The highest BCUT2D eigenvalue weighted by Crippen LogP contribution is 2.36. The summed E-state index contributed by atoms with van der Waals surface area (Å²) in [6.45, 7) is 14.3. The molecule has 1 aromatic carbocycles. The molecule has 0 radical (unpaired) electrons. The lowest BCUT2D eigenvalue weighted by atomic mass is 9.75. The summed E-state index contributed by atoms with van der Waals surface area (Å²) in [6.07, 6.45) is 0.992. The second-order valence-corrected chi connectivity index (χ2v) is 10.9. The summed E-state index contributed by atoms with van der Waals surface area (Å²) in [5, 5.41) is 2.88. The van der Waals surface area contributed by atoms with Gasteiger partial charge in [0, 0.05) is 19.1 Å². The molecule has 0 saturated carbocycles. The molecule has 33 heavy (non-hydrogen) atoms. The van der Waals surface area contributed by atoms with E-state index in [1.54, 1.807) is 11.0 Å². The lowest BCUT2D eigenvalue weighted by Gasteiger charge is -2.33. The van der Waals surface area contributed by atoms with Gasteiger partial charge >= 0.3 is 13.2 Å². The SMILES string of the molecule is CC(C)(C)OC(=O)NC1CCN(C(=O)Cc2ccc(F)cc2B2OC(C)(C)C(C)(C)O2)CC1. The molecule has 2 aliphatic heterocycles. The number of halogens is 1. The molecule has 2 fully saturated rings. The van der Waals surface area contributed by atoms with Crippen LogP contribution in [0.25, 0.3) is 0 Å². The number of rotatable bonds is 4. The predicted molar refractivity (Wildman–Crippen MR) is 125 cm³/mol. The number of ether oxygens (including phenoxy) is 1. The Bertz CT molecular complexity index is 875. The summed E-state index contributed by atoms with van der Waals surface area (Å²) >= 11 is 0. The quantitative estimate of drug-likeness (QED) is 0.696. The first kappa shape index (κ1) is 25.5. The molecule has 1 aromatic rings. The number of alkyl carbamates (subject to hydrolysis) is 1. The average molecular weight is 462 g/mol. The fourth-order valence-corrected chi connectivity index (χ4v) is 3.94. The summed E-state index contributed by atoms with van der Waals surface area (Å²) in [5.41, 5.74) is -0.440. The Morgan fingerprint density at radius 1 is 1.15 bits per heavy atom. The minimum absolute atomic E-state index is 0.0324. The minimum Gasteiger partial charge on any atom is -0.444 e. The number of nitrogens with zero attached hydrogens (tertiary/aromatic N) is 1. The van der Waals surface area contributed by atoms with Gasteiger partial charge in [0.2, 0.25) is 5.91 Å². The Balaban J connectivity index is 1.61. The summed E-state index contributed by atoms with van der Waals surface area (Å²) in [4.78, 5) is 26.8. The van der Waals surface area contributed by atoms with E-state index in [0.29, 0.717) is 37.0 Å². The van der Waals surface area contributed by atoms with Crippen LogP contribution in [0.4, 0.5) is 9.18 Å². The first-order valence-corrected chi connectivity index (χ1v) is 11.6. The van der Waals surface area contributed by atoms with Gasteiger partial charge < -0.3 is 24.3 Å². The number of carbonyl (C=O) groups excluding carboxylic acids is 2. The Labute approximate surface area is 196 Å². The topological polar surface area (TPSA) is 77.1 Å². The fraction of sp³-hybridized carbons (Fsp3) is 0.667. The van der Waals surface area contributed by atoms with Crippen molar-refractivity contribution in [3.8, 4) is 0 Å². The number of amides is 2. The Kier molecular flexibility index (Phi) is 7.15. The van der Waals surface area contributed by atoms with Crippen LogP contribution in [0.15, 0.2) is 18.2 Å². The van der Waals surface area contributed by atoms with Crippen LogP contribution in [0, 0.1) is 5.82 Å². The largest absolute Gasteiger partial charge is 0.495 e. The van der Waals surface area contributed by atoms with E-state index in [1.807, 2.05) is 48.5 Å². The molecule has 2 heterocycles. The number of likely N-dealkylation sites (tertiary alicyclic amines) is 1. The first-order chi connectivity index (χ1) is 15.2. The first-order valence-electron chi connectivity index (χ1n) is 11.6. The number of nitrogens with one attached hydrogen (secondary N) is 1. The van der Waals surface area contributed by atoms with E-state index in [2.05, 4.69) is 5.32 Å². The van der Waals surface area contributed by atoms with Crippen molar-refractivity contribution in [2.75, 3.05) is 13.1 Å². The third kappa shape index (κ3) is 6.26. The van der Waals surface area contributed by atoms with Gasteiger partial charge in [0.15, 0.2) is 0 Å². The number of benzene rings is 1. The van der Waals surface area contributed by atoms with E-state index in [1.165, 1.54) is 12.1 Å². The van der Waals surface area contributed by atoms with E-state index in [0.717, 1.165) is 0 Å². The van der Waals surface area contributed by atoms with Crippen LogP contribution in [0.1, 0.15) is 66.9 Å². The van der Waals surface area contributed by atoms with Crippen molar-refractivity contribution in [1.82, 2.24) is 10.2 Å². The van der Waals surface area contributed by atoms with Crippen LogP contribution >= 0.6 is 0 Å². The standard InChI is InChI=1S/C24H36BFN2O5/c1-22(2,3)31-21(30)27-18-10-12-28(13-11-18)20(29)14-16-8-9-17(26)15-19(16)25-32-23(4,5)24(6,7)33-25/h8-9,15,18H,10-14H2,1-7H3,(H,27,30). The van der Waals surface area contributed by atoms with E-state index in [-0.39, 0.29) is 18.4 Å². The monoisotopic (exact) mass is 462 g/mol. The van der Waals surface area contributed by atoms with E-state index in [4.69, 9.17) is 14.0 Å². The molecule has 0 spiro atoms. The molecule has 0 atom stereocenters. The summed E-state index contributed by atoms with van der Waals surface area (Å²) < 4.78 is 31.6. The molecule has 7 nitrogen and oxygen atoms in total. The number of piperidine rings is 1. The maximum atomic E-state index is 14.1. The molecular weight excluding hydrogens is 426 g/mol. The molecule has 0 aliphatic carbocycles. The third-order valence-corrected chi connectivity index (χ3v) is 6.53. The minimum atomic E-state index is -0.739. The zero-order valence-electron chi connectivity index (χ0n) is 20.8. The highest BCUT2D eigenvalue weighted by molar-refractivity contribution is 6.62. The number of hydrogen-bond donors (Lipinski definition) is 1. The van der Waals surface area contributed by atoms with E-state index >= 15 is 0 Å². The smallest absolute Gasteiger partial charge is 0.444 e. The van der Waals surface area contributed by atoms with Gasteiger partial charge in [-0.25, -0.2) is 9.18 Å². The normalized spacial score (nSPS) is 20.6. The lowest BCUT2D eigenvalue weighted by Crippen LogP contribution is -2.48. The molecule has 2 amide bonds. The van der Waals surface area contributed by atoms with Crippen LogP contribution < -0.4 is 10.8 Å². The Morgan fingerprint density at radius 3 is 2.27 bits per heavy atom. The van der Waals surface area contributed by atoms with Gasteiger partial charge in [0.25, 0.3) is 0 Å². The molecule has 9 heteroatoms. The molecule has 1 N–H and O–H groups in total. The fourth-order valence-electron chi connectivity index (χ4n) is 3.94. The number of hydrogen-bond acceptors (Lipinski definition) is 5.